The van der Waals surface area contributed by atoms with Crippen molar-refractivity contribution in [1.82, 2.24) is 14.8 Å². The predicted molar refractivity (Wildman–Crippen MR) is 86.6 cm³/mol. The molecule has 0 N–H and O–H groups in total. The van der Waals surface area contributed by atoms with Crippen molar-refractivity contribution >= 4 is 27.5 Å². The molecule has 112 valence electrons. The Hall–Kier alpha value is -1.46. The number of rotatable bonds is 3. The van der Waals surface area contributed by atoms with Crippen molar-refractivity contribution in [1.29, 1.82) is 0 Å². The first-order valence-corrected chi connectivity index (χ1v) is 8.27. The second-order valence-electron chi connectivity index (χ2n) is 5.77. The zero-order chi connectivity index (χ0) is 14.8. The number of thiazole rings is 1. The lowest BCUT2D eigenvalue weighted by atomic mass is 10.1. The fraction of sp³-hybridized carbons (Fsp3) is 0.500. The van der Waals surface area contributed by atoms with E-state index < -0.39 is 0 Å². The first-order chi connectivity index (χ1) is 10.1. The molecule has 1 fully saturated rings. The van der Waals surface area contributed by atoms with Crippen molar-refractivity contribution in [2.45, 2.75) is 25.8 Å². The van der Waals surface area contributed by atoms with Crippen LogP contribution in [-0.4, -0.2) is 53.4 Å². The number of benzene rings is 1. The number of hydrogen-bond donors (Lipinski definition) is 0. The maximum Gasteiger partial charge on any atom is 0.223 e. The number of aryl methyl sites for hydroxylation is 1. The average molecular weight is 303 g/mol. The predicted octanol–water partition coefficient (Wildman–Crippen LogP) is 2.39. The van der Waals surface area contributed by atoms with Gasteiger partial charge in [-0.05, 0) is 26.1 Å². The normalized spacial score (nSPS) is 20.1. The number of carbonyl (C=O) groups is 1. The number of fused-ring (bicyclic) bond motifs is 1. The van der Waals surface area contributed by atoms with Gasteiger partial charge in [-0.15, -0.1) is 11.3 Å². The molecular weight excluding hydrogens is 282 g/mol. The van der Waals surface area contributed by atoms with E-state index in [1.54, 1.807) is 11.3 Å². The molecule has 21 heavy (non-hydrogen) atoms. The number of nitrogens with zero attached hydrogens (tertiary/aromatic N) is 3. The van der Waals surface area contributed by atoms with Crippen LogP contribution in [0.25, 0.3) is 10.2 Å². The molecule has 4 nitrogen and oxygen atoms in total. The third kappa shape index (κ3) is 3.24. The van der Waals surface area contributed by atoms with E-state index in [1.807, 2.05) is 23.1 Å². The molecule has 1 saturated heterocycles. The summed E-state index contributed by atoms with van der Waals surface area (Å²) in [5.41, 5.74) is 1.04. The van der Waals surface area contributed by atoms with Crippen LogP contribution in [0.4, 0.5) is 0 Å². The van der Waals surface area contributed by atoms with Crippen LogP contribution < -0.4 is 0 Å². The number of likely N-dealkylation sites (N-methyl/N-ethyl adjacent to an activating group) is 1. The minimum absolute atomic E-state index is 0.259. The number of carbonyl (C=O) groups excluding carboxylic acids is 1. The Balaban J connectivity index is 1.60. The largest absolute Gasteiger partial charge is 0.337 e. The summed E-state index contributed by atoms with van der Waals surface area (Å²) in [5, 5.41) is 1.06. The smallest absolute Gasteiger partial charge is 0.223 e. The molecule has 2 heterocycles. The number of amides is 1. The Morgan fingerprint density at radius 3 is 2.95 bits per heavy atom. The summed E-state index contributed by atoms with van der Waals surface area (Å²) in [4.78, 5) is 21.3. The van der Waals surface area contributed by atoms with Gasteiger partial charge < -0.3 is 9.80 Å². The van der Waals surface area contributed by atoms with E-state index in [1.165, 1.54) is 4.70 Å². The van der Waals surface area contributed by atoms with Crippen LogP contribution in [0.5, 0.6) is 0 Å². The van der Waals surface area contributed by atoms with Crippen molar-refractivity contribution in [2.24, 2.45) is 0 Å². The van der Waals surface area contributed by atoms with Gasteiger partial charge >= 0.3 is 0 Å². The highest BCUT2D eigenvalue weighted by Gasteiger charge is 2.25. The number of hydrogen-bond acceptors (Lipinski definition) is 4. The number of piperazine rings is 1. The Labute approximate surface area is 129 Å². The van der Waals surface area contributed by atoms with Crippen molar-refractivity contribution in [2.75, 3.05) is 26.7 Å². The number of para-hydroxylation sites is 1. The van der Waals surface area contributed by atoms with Gasteiger partial charge in [0.05, 0.1) is 15.2 Å². The Bertz CT molecular complexity index is 606. The third-order valence-corrected chi connectivity index (χ3v) is 5.14. The molecule has 0 spiro atoms. The van der Waals surface area contributed by atoms with Gasteiger partial charge in [-0.25, -0.2) is 4.98 Å². The monoisotopic (exact) mass is 303 g/mol. The highest BCUT2D eigenvalue weighted by atomic mass is 32.1. The Morgan fingerprint density at radius 2 is 2.19 bits per heavy atom. The first kappa shape index (κ1) is 14.5. The summed E-state index contributed by atoms with van der Waals surface area (Å²) >= 11 is 1.70. The van der Waals surface area contributed by atoms with Crippen molar-refractivity contribution in [3.8, 4) is 0 Å². The molecule has 0 bridgehead atoms. The third-order valence-electron chi connectivity index (χ3n) is 4.04. The van der Waals surface area contributed by atoms with E-state index in [0.29, 0.717) is 12.5 Å². The molecule has 1 aromatic carbocycles. The second kappa shape index (κ2) is 6.12. The van der Waals surface area contributed by atoms with E-state index in [9.17, 15) is 4.79 Å². The summed E-state index contributed by atoms with van der Waals surface area (Å²) < 4.78 is 1.20. The van der Waals surface area contributed by atoms with Gasteiger partial charge in [-0.2, -0.15) is 0 Å². The highest BCUT2D eigenvalue weighted by molar-refractivity contribution is 7.18. The fourth-order valence-electron chi connectivity index (χ4n) is 2.89. The Morgan fingerprint density at radius 1 is 1.38 bits per heavy atom. The molecule has 1 aliphatic rings. The SMILES string of the molecule is CC1CN(C)CCN1C(=O)CCc1nc2ccccc2s1. The summed E-state index contributed by atoms with van der Waals surface area (Å²) in [6.07, 6.45) is 1.31. The van der Waals surface area contributed by atoms with Gasteiger partial charge in [0.15, 0.2) is 0 Å². The van der Waals surface area contributed by atoms with Crippen molar-refractivity contribution in [3.05, 3.63) is 29.3 Å². The summed E-state index contributed by atoms with van der Waals surface area (Å²) in [6.45, 7) is 4.91. The molecule has 1 aliphatic heterocycles. The summed E-state index contributed by atoms with van der Waals surface area (Å²) in [5.74, 6) is 0.259. The second-order valence-corrected chi connectivity index (χ2v) is 6.89. The lowest BCUT2D eigenvalue weighted by Crippen LogP contribution is -2.52. The van der Waals surface area contributed by atoms with Gasteiger partial charge in [-0.3, -0.25) is 4.79 Å². The molecule has 3 rings (SSSR count). The van der Waals surface area contributed by atoms with Gasteiger partial charge in [0, 0.05) is 38.5 Å². The molecular formula is C16H21N3OS. The lowest BCUT2D eigenvalue weighted by molar-refractivity contribution is -0.135. The molecule has 0 saturated carbocycles. The molecule has 1 unspecified atom stereocenters. The summed E-state index contributed by atoms with van der Waals surface area (Å²) in [7, 11) is 2.11. The van der Waals surface area contributed by atoms with E-state index in [4.69, 9.17) is 0 Å². The quantitative estimate of drug-likeness (QED) is 0.873. The van der Waals surface area contributed by atoms with E-state index in [2.05, 4.69) is 29.9 Å². The fourth-order valence-corrected chi connectivity index (χ4v) is 3.86. The Kier molecular flexibility index (Phi) is 4.22. The molecule has 2 aromatic rings. The number of aromatic nitrogens is 1. The van der Waals surface area contributed by atoms with Crippen molar-refractivity contribution in [3.63, 3.8) is 0 Å². The van der Waals surface area contributed by atoms with E-state index >= 15 is 0 Å². The van der Waals surface area contributed by atoms with Gasteiger partial charge in [0.2, 0.25) is 5.91 Å². The zero-order valence-corrected chi connectivity index (χ0v) is 13.4. The molecule has 0 aliphatic carbocycles. The average Bonchev–Trinajstić information content (AvgIpc) is 2.87. The van der Waals surface area contributed by atoms with Crippen LogP contribution in [0, 0.1) is 0 Å². The van der Waals surface area contributed by atoms with Crippen LogP contribution in [0.1, 0.15) is 18.4 Å². The van der Waals surface area contributed by atoms with Crippen LogP contribution in [0.3, 0.4) is 0 Å². The molecule has 1 aromatic heterocycles. The standard InChI is InChI=1S/C16H21N3OS/c1-12-11-18(2)9-10-19(12)16(20)8-7-15-17-13-5-3-4-6-14(13)21-15/h3-6,12H,7-11H2,1-2H3. The zero-order valence-electron chi connectivity index (χ0n) is 12.6. The van der Waals surface area contributed by atoms with Crippen LogP contribution in [0.2, 0.25) is 0 Å². The van der Waals surface area contributed by atoms with Crippen LogP contribution in [-0.2, 0) is 11.2 Å². The lowest BCUT2D eigenvalue weighted by Gasteiger charge is -2.38. The van der Waals surface area contributed by atoms with Gasteiger partial charge in [0.25, 0.3) is 0 Å². The maximum absolute atomic E-state index is 12.4. The molecule has 5 heteroatoms. The van der Waals surface area contributed by atoms with E-state index in [-0.39, 0.29) is 5.91 Å². The van der Waals surface area contributed by atoms with Gasteiger partial charge in [-0.1, -0.05) is 12.1 Å². The molecule has 1 atom stereocenters. The molecule has 1 amide bonds. The van der Waals surface area contributed by atoms with Crippen LogP contribution in [0.15, 0.2) is 24.3 Å². The topological polar surface area (TPSA) is 36.4 Å². The minimum atomic E-state index is 0.259. The maximum atomic E-state index is 12.4. The molecule has 0 radical (unpaired) electrons. The minimum Gasteiger partial charge on any atom is -0.337 e. The summed E-state index contributed by atoms with van der Waals surface area (Å²) in [6, 6.07) is 8.46. The van der Waals surface area contributed by atoms with Crippen molar-refractivity contribution < 1.29 is 4.79 Å². The first-order valence-electron chi connectivity index (χ1n) is 7.46. The van der Waals surface area contributed by atoms with E-state index in [0.717, 1.165) is 36.6 Å². The van der Waals surface area contributed by atoms with Gasteiger partial charge in [0.1, 0.15) is 0 Å². The highest BCUT2D eigenvalue weighted by Crippen LogP contribution is 2.22. The van der Waals surface area contributed by atoms with Crippen LogP contribution >= 0.6 is 11.3 Å².